The minimum absolute atomic E-state index is 0.268. The van der Waals surface area contributed by atoms with Gasteiger partial charge in [0.1, 0.15) is 0 Å². The van der Waals surface area contributed by atoms with Crippen molar-refractivity contribution >= 4 is 11.6 Å². The van der Waals surface area contributed by atoms with Crippen molar-refractivity contribution < 1.29 is 4.79 Å². The van der Waals surface area contributed by atoms with Crippen molar-refractivity contribution in [3.8, 4) is 0 Å². The Morgan fingerprint density at radius 3 is 2.52 bits per heavy atom. The van der Waals surface area contributed by atoms with Gasteiger partial charge in [0, 0.05) is 24.7 Å². The third kappa shape index (κ3) is 3.85. The Morgan fingerprint density at radius 1 is 1.19 bits per heavy atom. The van der Waals surface area contributed by atoms with Gasteiger partial charge in [0.25, 0.3) is 0 Å². The van der Waals surface area contributed by atoms with E-state index in [1.807, 2.05) is 11.0 Å². The van der Waals surface area contributed by atoms with Crippen LogP contribution in [0.15, 0.2) is 24.3 Å². The van der Waals surface area contributed by atoms with Crippen LogP contribution >= 0.6 is 0 Å². The number of rotatable bonds is 7. The topological polar surface area (TPSA) is 23.6 Å². The van der Waals surface area contributed by atoms with E-state index in [1.54, 1.807) is 0 Å². The number of amides is 1. The van der Waals surface area contributed by atoms with E-state index in [-0.39, 0.29) is 5.91 Å². The fourth-order valence-corrected chi connectivity index (χ4v) is 3.29. The van der Waals surface area contributed by atoms with Gasteiger partial charge in [0.15, 0.2) is 0 Å². The average molecular weight is 288 g/mol. The number of hydrogen-bond donors (Lipinski definition) is 0. The minimum Gasteiger partial charge on any atom is -0.309 e. The van der Waals surface area contributed by atoms with Crippen LogP contribution in [0.5, 0.6) is 0 Å². The average Bonchev–Trinajstić information content (AvgIpc) is 2.81. The number of hydrogen-bond acceptors (Lipinski definition) is 2. The summed E-state index contributed by atoms with van der Waals surface area (Å²) in [6, 6.07) is 8.59. The van der Waals surface area contributed by atoms with Crippen molar-refractivity contribution in [3.05, 3.63) is 29.8 Å². The molecule has 2 rings (SSSR count). The number of carbonyl (C=O) groups is 1. The molecule has 0 bridgehead atoms. The van der Waals surface area contributed by atoms with Gasteiger partial charge in [-0.1, -0.05) is 32.0 Å². The lowest BCUT2D eigenvalue weighted by atomic mass is 10.1. The van der Waals surface area contributed by atoms with Crippen molar-refractivity contribution in [2.24, 2.45) is 0 Å². The van der Waals surface area contributed by atoms with Crippen LogP contribution in [0.25, 0.3) is 0 Å². The van der Waals surface area contributed by atoms with E-state index in [2.05, 4.69) is 43.9 Å². The van der Waals surface area contributed by atoms with Crippen molar-refractivity contribution in [2.75, 3.05) is 24.5 Å². The number of fused-ring (bicyclic) bond motifs is 1. The summed E-state index contributed by atoms with van der Waals surface area (Å²) in [5, 5.41) is 0. The summed E-state index contributed by atoms with van der Waals surface area (Å²) in [5.41, 5.74) is 2.42. The molecule has 0 saturated heterocycles. The normalized spacial score (nSPS) is 17.3. The molecule has 0 fully saturated rings. The molecule has 1 heterocycles. The molecule has 1 aromatic carbocycles. The fraction of sp³-hybridized carbons (Fsp3) is 0.611. The molecule has 0 aromatic heterocycles. The molecule has 0 saturated carbocycles. The quantitative estimate of drug-likeness (QED) is 0.767. The minimum atomic E-state index is 0.268. The number of benzene rings is 1. The molecule has 1 unspecified atom stereocenters. The molecular formula is C18H28N2O. The van der Waals surface area contributed by atoms with E-state index >= 15 is 0 Å². The number of anilines is 1. The van der Waals surface area contributed by atoms with Crippen molar-refractivity contribution in [2.45, 2.75) is 52.5 Å². The molecule has 0 radical (unpaired) electrons. The zero-order chi connectivity index (χ0) is 15.2. The highest BCUT2D eigenvalue weighted by atomic mass is 16.2. The Balaban J connectivity index is 1.97. The van der Waals surface area contributed by atoms with E-state index in [4.69, 9.17) is 0 Å². The van der Waals surface area contributed by atoms with E-state index in [9.17, 15) is 4.79 Å². The summed E-state index contributed by atoms with van der Waals surface area (Å²) < 4.78 is 0. The predicted molar refractivity (Wildman–Crippen MR) is 88.7 cm³/mol. The molecule has 1 atom stereocenters. The molecule has 0 N–H and O–H groups in total. The van der Waals surface area contributed by atoms with Crippen molar-refractivity contribution in [1.29, 1.82) is 0 Å². The second-order valence-corrected chi connectivity index (χ2v) is 6.04. The first-order valence-corrected chi connectivity index (χ1v) is 8.29. The smallest absolute Gasteiger partial charge is 0.228 e. The number of nitrogens with zero attached hydrogens (tertiary/aromatic N) is 2. The highest BCUT2D eigenvalue weighted by Crippen LogP contribution is 2.32. The Kier molecular flexibility index (Phi) is 5.80. The maximum absolute atomic E-state index is 12.6. The standard InChI is InChI=1S/C18H28N2O/c1-4-11-19(12-5-2)13-10-18(21)20-15(3)14-16-8-6-7-9-17(16)20/h6-9,15H,4-5,10-14H2,1-3H3. The first-order valence-electron chi connectivity index (χ1n) is 8.29. The highest BCUT2D eigenvalue weighted by molar-refractivity contribution is 5.96. The van der Waals surface area contributed by atoms with Gasteiger partial charge in [0.2, 0.25) is 5.91 Å². The summed E-state index contributed by atoms with van der Waals surface area (Å²) in [5.74, 6) is 0.268. The summed E-state index contributed by atoms with van der Waals surface area (Å²) in [4.78, 5) is 17.0. The molecule has 3 nitrogen and oxygen atoms in total. The first kappa shape index (κ1) is 16.0. The SMILES string of the molecule is CCCN(CCC)CCC(=O)N1c2ccccc2CC1C. The molecule has 0 aliphatic carbocycles. The molecular weight excluding hydrogens is 260 g/mol. The largest absolute Gasteiger partial charge is 0.309 e. The molecule has 116 valence electrons. The van der Waals surface area contributed by atoms with Crippen LogP contribution in [0.2, 0.25) is 0 Å². The van der Waals surface area contributed by atoms with Crippen LogP contribution < -0.4 is 4.90 Å². The lowest BCUT2D eigenvalue weighted by Crippen LogP contribution is -2.38. The number of para-hydroxylation sites is 1. The van der Waals surface area contributed by atoms with E-state index in [0.717, 1.165) is 44.6 Å². The summed E-state index contributed by atoms with van der Waals surface area (Å²) >= 11 is 0. The van der Waals surface area contributed by atoms with Crippen LogP contribution in [0.3, 0.4) is 0 Å². The number of carbonyl (C=O) groups excluding carboxylic acids is 1. The first-order chi connectivity index (χ1) is 10.2. The summed E-state index contributed by atoms with van der Waals surface area (Å²) in [6.07, 6.45) is 3.91. The molecule has 1 aromatic rings. The fourth-order valence-electron chi connectivity index (χ4n) is 3.29. The second-order valence-electron chi connectivity index (χ2n) is 6.04. The van der Waals surface area contributed by atoms with Gasteiger partial charge >= 0.3 is 0 Å². The zero-order valence-electron chi connectivity index (χ0n) is 13.6. The molecule has 21 heavy (non-hydrogen) atoms. The predicted octanol–water partition coefficient (Wildman–Crippen LogP) is 3.48. The van der Waals surface area contributed by atoms with E-state index < -0.39 is 0 Å². The Bertz CT molecular complexity index is 466. The maximum Gasteiger partial charge on any atom is 0.228 e. The summed E-state index contributed by atoms with van der Waals surface area (Å²) in [6.45, 7) is 9.60. The molecule has 1 aliphatic rings. The van der Waals surface area contributed by atoms with Gasteiger partial charge in [0.05, 0.1) is 0 Å². The van der Waals surface area contributed by atoms with E-state index in [1.165, 1.54) is 5.56 Å². The van der Waals surface area contributed by atoms with Crippen LogP contribution in [0.4, 0.5) is 5.69 Å². The van der Waals surface area contributed by atoms with Gasteiger partial charge in [-0.05, 0) is 50.9 Å². The van der Waals surface area contributed by atoms with Crippen molar-refractivity contribution in [1.82, 2.24) is 4.90 Å². The van der Waals surface area contributed by atoms with Gasteiger partial charge < -0.3 is 9.80 Å². The third-order valence-corrected chi connectivity index (χ3v) is 4.20. The molecule has 3 heteroatoms. The van der Waals surface area contributed by atoms with Gasteiger partial charge in [-0.15, -0.1) is 0 Å². The van der Waals surface area contributed by atoms with Crippen LogP contribution in [-0.2, 0) is 11.2 Å². The highest BCUT2D eigenvalue weighted by Gasteiger charge is 2.30. The van der Waals surface area contributed by atoms with Gasteiger partial charge in [-0.3, -0.25) is 4.79 Å². The van der Waals surface area contributed by atoms with Crippen LogP contribution in [0, 0.1) is 0 Å². The second kappa shape index (κ2) is 7.60. The molecule has 0 spiro atoms. The van der Waals surface area contributed by atoms with Crippen LogP contribution in [-0.4, -0.2) is 36.5 Å². The molecule has 1 aliphatic heterocycles. The Morgan fingerprint density at radius 2 is 1.86 bits per heavy atom. The van der Waals surface area contributed by atoms with Crippen molar-refractivity contribution in [3.63, 3.8) is 0 Å². The third-order valence-electron chi connectivity index (χ3n) is 4.20. The lowest BCUT2D eigenvalue weighted by Gasteiger charge is -2.25. The van der Waals surface area contributed by atoms with Crippen LogP contribution in [0.1, 0.15) is 45.6 Å². The monoisotopic (exact) mass is 288 g/mol. The van der Waals surface area contributed by atoms with Gasteiger partial charge in [-0.2, -0.15) is 0 Å². The zero-order valence-corrected chi connectivity index (χ0v) is 13.6. The summed E-state index contributed by atoms with van der Waals surface area (Å²) in [7, 11) is 0. The lowest BCUT2D eigenvalue weighted by molar-refractivity contribution is -0.119. The van der Waals surface area contributed by atoms with E-state index in [0.29, 0.717) is 12.5 Å². The molecule has 1 amide bonds. The Labute approximate surface area is 128 Å². The maximum atomic E-state index is 12.6. The van der Waals surface area contributed by atoms with Gasteiger partial charge in [-0.25, -0.2) is 0 Å². The Hall–Kier alpha value is -1.35.